The molecule has 1 saturated heterocycles. The van der Waals surface area contributed by atoms with E-state index in [1.165, 1.54) is 6.07 Å². The number of benzene rings is 1. The summed E-state index contributed by atoms with van der Waals surface area (Å²) < 4.78 is 43.4. The standard InChI is InChI=1S/C24H32F3NO4/c1-2-32-23(31)10-5-3-4-6-15-28-20(12-14-22(28)30)11-13-21(29)17-18-8-7-9-19(16-18)24(25,26)27/h7-9,11,13,16,20-21,29H,2-6,10,12,14-15,17H2,1H3. The summed E-state index contributed by atoms with van der Waals surface area (Å²) >= 11 is 0. The molecule has 0 saturated carbocycles. The molecule has 178 valence electrons. The topological polar surface area (TPSA) is 66.8 Å². The zero-order chi connectivity index (χ0) is 23.6. The Hall–Kier alpha value is -2.35. The number of esters is 1. The van der Waals surface area contributed by atoms with Gasteiger partial charge in [0.05, 0.1) is 24.3 Å². The molecule has 0 spiro atoms. The molecule has 2 rings (SSSR count). The number of halogens is 3. The van der Waals surface area contributed by atoms with Gasteiger partial charge in [-0.1, -0.05) is 43.2 Å². The highest BCUT2D eigenvalue weighted by Crippen LogP contribution is 2.30. The minimum Gasteiger partial charge on any atom is -0.466 e. The van der Waals surface area contributed by atoms with Crippen molar-refractivity contribution in [2.24, 2.45) is 0 Å². The largest absolute Gasteiger partial charge is 0.466 e. The summed E-state index contributed by atoms with van der Waals surface area (Å²) in [7, 11) is 0. The highest BCUT2D eigenvalue weighted by molar-refractivity contribution is 5.79. The van der Waals surface area contributed by atoms with E-state index >= 15 is 0 Å². The van der Waals surface area contributed by atoms with E-state index in [2.05, 4.69) is 0 Å². The Balaban J connectivity index is 1.78. The summed E-state index contributed by atoms with van der Waals surface area (Å²) in [5.74, 6) is -0.116. The van der Waals surface area contributed by atoms with Gasteiger partial charge in [-0.15, -0.1) is 0 Å². The molecule has 2 atom stereocenters. The van der Waals surface area contributed by atoms with E-state index in [4.69, 9.17) is 4.74 Å². The lowest BCUT2D eigenvalue weighted by atomic mass is 10.0. The maximum atomic E-state index is 12.8. The zero-order valence-corrected chi connectivity index (χ0v) is 18.4. The number of hydrogen-bond donors (Lipinski definition) is 1. The first-order valence-corrected chi connectivity index (χ1v) is 11.2. The van der Waals surface area contributed by atoms with Crippen LogP contribution >= 0.6 is 0 Å². The minimum absolute atomic E-state index is 0.0681. The van der Waals surface area contributed by atoms with Crippen molar-refractivity contribution in [2.75, 3.05) is 13.2 Å². The van der Waals surface area contributed by atoms with Gasteiger partial charge in [-0.05, 0) is 37.8 Å². The van der Waals surface area contributed by atoms with Gasteiger partial charge in [0.15, 0.2) is 0 Å². The zero-order valence-electron chi connectivity index (χ0n) is 18.4. The molecule has 1 fully saturated rings. The first kappa shape index (κ1) is 25.9. The number of amides is 1. The smallest absolute Gasteiger partial charge is 0.416 e. The molecule has 0 aromatic heterocycles. The number of rotatable bonds is 12. The Morgan fingerprint density at radius 3 is 2.75 bits per heavy atom. The highest BCUT2D eigenvalue weighted by atomic mass is 19.4. The number of aliphatic hydroxyl groups excluding tert-OH is 1. The van der Waals surface area contributed by atoms with Crippen molar-refractivity contribution >= 4 is 11.9 Å². The van der Waals surface area contributed by atoms with Gasteiger partial charge in [0.2, 0.25) is 5.91 Å². The fraction of sp³-hybridized carbons (Fsp3) is 0.583. The van der Waals surface area contributed by atoms with Crippen molar-refractivity contribution in [1.29, 1.82) is 0 Å². The average Bonchev–Trinajstić information content (AvgIpc) is 3.08. The van der Waals surface area contributed by atoms with Crippen LogP contribution in [0.5, 0.6) is 0 Å². The van der Waals surface area contributed by atoms with E-state index in [1.807, 2.05) is 0 Å². The Morgan fingerprint density at radius 2 is 2.03 bits per heavy atom. The quantitative estimate of drug-likeness (QED) is 0.283. The normalized spacial score (nSPS) is 17.8. The van der Waals surface area contributed by atoms with Crippen molar-refractivity contribution in [3.05, 3.63) is 47.5 Å². The molecule has 0 bridgehead atoms. The summed E-state index contributed by atoms with van der Waals surface area (Å²) in [5, 5.41) is 10.3. The number of aliphatic hydroxyl groups is 1. The highest BCUT2D eigenvalue weighted by Gasteiger charge is 2.30. The lowest BCUT2D eigenvalue weighted by Gasteiger charge is -2.22. The molecule has 5 nitrogen and oxygen atoms in total. The molecule has 0 radical (unpaired) electrons. The Bertz CT molecular complexity index is 779. The number of ether oxygens (including phenoxy) is 1. The molecule has 1 aromatic carbocycles. The van der Waals surface area contributed by atoms with Crippen molar-refractivity contribution in [2.45, 2.75) is 76.6 Å². The fourth-order valence-electron chi connectivity index (χ4n) is 3.83. The molecule has 32 heavy (non-hydrogen) atoms. The van der Waals surface area contributed by atoms with E-state index in [0.717, 1.165) is 37.8 Å². The molecule has 2 unspecified atom stereocenters. The number of carbonyl (C=O) groups is 2. The number of nitrogens with zero attached hydrogens (tertiary/aromatic N) is 1. The molecule has 1 aromatic rings. The van der Waals surface area contributed by atoms with Crippen LogP contribution < -0.4 is 0 Å². The van der Waals surface area contributed by atoms with E-state index in [9.17, 15) is 27.9 Å². The van der Waals surface area contributed by atoms with Crippen LogP contribution in [0.25, 0.3) is 0 Å². The van der Waals surface area contributed by atoms with Crippen LogP contribution in [0.1, 0.15) is 63.0 Å². The molecule has 1 N–H and O–H groups in total. The van der Waals surface area contributed by atoms with Crippen LogP contribution in [-0.2, 0) is 26.9 Å². The first-order chi connectivity index (χ1) is 15.2. The third-order valence-corrected chi connectivity index (χ3v) is 5.46. The van der Waals surface area contributed by atoms with E-state index in [0.29, 0.717) is 38.0 Å². The molecule has 0 aliphatic carbocycles. The summed E-state index contributed by atoms with van der Waals surface area (Å²) in [4.78, 5) is 25.3. The second kappa shape index (κ2) is 12.6. The van der Waals surface area contributed by atoms with Crippen LogP contribution in [0.15, 0.2) is 36.4 Å². The Labute approximate surface area is 187 Å². The van der Waals surface area contributed by atoms with Crippen molar-refractivity contribution in [1.82, 2.24) is 4.90 Å². The summed E-state index contributed by atoms with van der Waals surface area (Å²) in [6.45, 7) is 2.77. The molecule has 8 heteroatoms. The van der Waals surface area contributed by atoms with E-state index in [1.54, 1.807) is 30.0 Å². The van der Waals surface area contributed by atoms with E-state index < -0.39 is 17.8 Å². The van der Waals surface area contributed by atoms with Crippen molar-refractivity contribution in [3.63, 3.8) is 0 Å². The lowest BCUT2D eigenvalue weighted by Crippen LogP contribution is -2.32. The number of alkyl halides is 3. The third kappa shape index (κ3) is 8.65. The number of likely N-dealkylation sites (tertiary alicyclic amines) is 1. The number of unbranched alkanes of at least 4 members (excludes halogenated alkanes) is 3. The lowest BCUT2D eigenvalue weighted by molar-refractivity contribution is -0.143. The molecule has 1 amide bonds. The van der Waals surface area contributed by atoms with Crippen LogP contribution in [-0.4, -0.2) is 47.2 Å². The molecule has 1 heterocycles. The maximum absolute atomic E-state index is 12.8. The second-order valence-electron chi connectivity index (χ2n) is 8.02. The van der Waals surface area contributed by atoms with Crippen LogP contribution in [0, 0.1) is 0 Å². The summed E-state index contributed by atoms with van der Waals surface area (Å²) in [6, 6.07) is 4.83. The van der Waals surface area contributed by atoms with Gasteiger partial charge in [-0.25, -0.2) is 0 Å². The van der Waals surface area contributed by atoms with Crippen LogP contribution in [0.2, 0.25) is 0 Å². The summed E-state index contributed by atoms with van der Waals surface area (Å²) in [6.07, 6.45) is 2.96. The Morgan fingerprint density at radius 1 is 1.28 bits per heavy atom. The SMILES string of the molecule is CCOC(=O)CCCCCCN1C(=O)CCC1C=CC(O)Cc1cccc(C(F)(F)F)c1. The first-order valence-electron chi connectivity index (χ1n) is 11.2. The monoisotopic (exact) mass is 455 g/mol. The molecular formula is C24H32F3NO4. The van der Waals surface area contributed by atoms with Gasteiger partial charge in [0, 0.05) is 25.8 Å². The van der Waals surface area contributed by atoms with Crippen LogP contribution in [0.4, 0.5) is 13.2 Å². The number of hydrogen-bond acceptors (Lipinski definition) is 4. The predicted octanol–water partition coefficient (Wildman–Crippen LogP) is 4.67. The van der Waals surface area contributed by atoms with E-state index in [-0.39, 0.29) is 24.3 Å². The number of carbonyl (C=O) groups excluding carboxylic acids is 2. The molecular weight excluding hydrogens is 423 g/mol. The van der Waals surface area contributed by atoms with Gasteiger partial charge < -0.3 is 14.7 Å². The van der Waals surface area contributed by atoms with Gasteiger partial charge in [0.25, 0.3) is 0 Å². The van der Waals surface area contributed by atoms with Crippen molar-refractivity contribution < 1.29 is 32.6 Å². The van der Waals surface area contributed by atoms with Crippen LogP contribution in [0.3, 0.4) is 0 Å². The maximum Gasteiger partial charge on any atom is 0.416 e. The van der Waals surface area contributed by atoms with Gasteiger partial charge >= 0.3 is 12.1 Å². The average molecular weight is 456 g/mol. The van der Waals surface area contributed by atoms with Gasteiger partial charge in [0.1, 0.15) is 0 Å². The predicted molar refractivity (Wildman–Crippen MR) is 115 cm³/mol. The Kier molecular flexibility index (Phi) is 10.2. The molecule has 1 aliphatic rings. The molecule has 1 aliphatic heterocycles. The summed E-state index contributed by atoms with van der Waals surface area (Å²) in [5.41, 5.74) is -0.333. The van der Waals surface area contributed by atoms with Gasteiger partial charge in [-0.3, -0.25) is 9.59 Å². The fourth-order valence-corrected chi connectivity index (χ4v) is 3.83. The minimum atomic E-state index is -4.42. The third-order valence-electron chi connectivity index (χ3n) is 5.46. The second-order valence-corrected chi connectivity index (χ2v) is 8.02. The van der Waals surface area contributed by atoms with Gasteiger partial charge in [-0.2, -0.15) is 13.2 Å². The van der Waals surface area contributed by atoms with Crippen molar-refractivity contribution in [3.8, 4) is 0 Å².